The zero-order chi connectivity index (χ0) is 15.4. The van der Waals surface area contributed by atoms with Gasteiger partial charge in [-0.2, -0.15) is 5.10 Å². The molecule has 0 aliphatic carbocycles. The van der Waals surface area contributed by atoms with Gasteiger partial charge in [-0.1, -0.05) is 19.9 Å². The van der Waals surface area contributed by atoms with Gasteiger partial charge >= 0.3 is 0 Å². The van der Waals surface area contributed by atoms with E-state index in [0.29, 0.717) is 0 Å². The molecule has 3 nitrogen and oxygen atoms in total. The van der Waals surface area contributed by atoms with Gasteiger partial charge in [0.05, 0.1) is 11.7 Å². The third-order valence-corrected chi connectivity index (χ3v) is 3.58. The Kier molecular flexibility index (Phi) is 5.12. The minimum atomic E-state index is -0.185. The summed E-state index contributed by atoms with van der Waals surface area (Å²) in [7, 11) is 1.93. The van der Waals surface area contributed by atoms with Crippen LogP contribution in [0.5, 0.6) is 0 Å². The van der Waals surface area contributed by atoms with E-state index in [-0.39, 0.29) is 11.9 Å². The predicted molar refractivity (Wildman–Crippen MR) is 83.9 cm³/mol. The number of hydrogen-bond donors (Lipinski definition) is 1. The fourth-order valence-electron chi connectivity index (χ4n) is 2.70. The van der Waals surface area contributed by atoms with Crippen molar-refractivity contribution in [3.05, 3.63) is 52.6 Å². The summed E-state index contributed by atoms with van der Waals surface area (Å²) in [6.07, 6.45) is 3.94. The van der Waals surface area contributed by atoms with Crippen LogP contribution < -0.4 is 5.32 Å². The van der Waals surface area contributed by atoms with Crippen molar-refractivity contribution in [3.63, 3.8) is 0 Å². The van der Waals surface area contributed by atoms with Crippen molar-refractivity contribution < 1.29 is 4.39 Å². The maximum atomic E-state index is 13.8. The molecule has 1 N–H and O–H groups in total. The first-order valence-electron chi connectivity index (χ1n) is 7.58. The van der Waals surface area contributed by atoms with Gasteiger partial charge < -0.3 is 5.32 Å². The van der Waals surface area contributed by atoms with Gasteiger partial charge in [0.1, 0.15) is 5.82 Å². The molecular weight excluding hydrogens is 265 g/mol. The highest BCUT2D eigenvalue weighted by Gasteiger charge is 2.20. The first-order chi connectivity index (χ1) is 10.0. The highest BCUT2D eigenvalue weighted by atomic mass is 19.1. The second-order valence-corrected chi connectivity index (χ2v) is 5.51. The van der Waals surface area contributed by atoms with Gasteiger partial charge in [-0.05, 0) is 49.6 Å². The topological polar surface area (TPSA) is 29.9 Å². The molecular formula is C17H24FN3. The van der Waals surface area contributed by atoms with Crippen molar-refractivity contribution in [2.45, 2.75) is 39.7 Å². The summed E-state index contributed by atoms with van der Waals surface area (Å²) >= 11 is 0. The van der Waals surface area contributed by atoms with Crippen LogP contribution in [0, 0.1) is 12.7 Å². The van der Waals surface area contributed by atoms with E-state index in [1.54, 1.807) is 12.1 Å². The van der Waals surface area contributed by atoms with E-state index < -0.39 is 0 Å². The fourth-order valence-corrected chi connectivity index (χ4v) is 2.70. The van der Waals surface area contributed by atoms with Crippen molar-refractivity contribution >= 4 is 0 Å². The quantitative estimate of drug-likeness (QED) is 0.882. The second kappa shape index (κ2) is 6.85. The molecule has 2 rings (SSSR count). The Balaban J connectivity index is 2.46. The molecule has 114 valence electrons. The molecule has 0 radical (unpaired) electrons. The van der Waals surface area contributed by atoms with E-state index in [1.165, 1.54) is 0 Å². The number of aromatic nitrogens is 2. The lowest BCUT2D eigenvalue weighted by molar-refractivity contribution is 0.581. The molecule has 0 saturated carbocycles. The van der Waals surface area contributed by atoms with E-state index in [1.807, 2.05) is 30.9 Å². The van der Waals surface area contributed by atoms with Crippen molar-refractivity contribution in [2.24, 2.45) is 7.05 Å². The van der Waals surface area contributed by atoms with E-state index in [2.05, 4.69) is 24.3 Å². The van der Waals surface area contributed by atoms with Crippen LogP contribution in [0.4, 0.5) is 4.39 Å². The van der Waals surface area contributed by atoms with Crippen molar-refractivity contribution in [1.82, 2.24) is 15.1 Å². The third kappa shape index (κ3) is 3.70. The molecule has 2 aromatic rings. The maximum Gasteiger partial charge on any atom is 0.123 e. The molecule has 1 aromatic heterocycles. The Morgan fingerprint density at radius 1 is 1.29 bits per heavy atom. The summed E-state index contributed by atoms with van der Waals surface area (Å²) in [6, 6.07) is 5.21. The molecule has 21 heavy (non-hydrogen) atoms. The van der Waals surface area contributed by atoms with Crippen LogP contribution >= 0.6 is 0 Å². The largest absolute Gasteiger partial charge is 0.306 e. The van der Waals surface area contributed by atoms with Crippen molar-refractivity contribution in [1.29, 1.82) is 0 Å². The summed E-state index contributed by atoms with van der Waals surface area (Å²) < 4.78 is 15.6. The predicted octanol–water partition coefficient (Wildman–Crippen LogP) is 3.52. The third-order valence-electron chi connectivity index (χ3n) is 3.58. The van der Waals surface area contributed by atoms with Gasteiger partial charge in [0.2, 0.25) is 0 Å². The Morgan fingerprint density at radius 3 is 2.67 bits per heavy atom. The molecule has 1 atom stereocenters. The van der Waals surface area contributed by atoms with Crippen LogP contribution in [0.1, 0.15) is 48.7 Å². The summed E-state index contributed by atoms with van der Waals surface area (Å²) in [6.45, 7) is 7.04. The van der Waals surface area contributed by atoms with Crippen LogP contribution in [0.2, 0.25) is 0 Å². The zero-order valence-corrected chi connectivity index (χ0v) is 13.3. The van der Waals surface area contributed by atoms with E-state index in [9.17, 15) is 4.39 Å². The lowest BCUT2D eigenvalue weighted by Crippen LogP contribution is -2.24. The molecule has 1 heterocycles. The monoisotopic (exact) mass is 289 g/mol. The Hall–Kier alpha value is -1.68. The minimum absolute atomic E-state index is 0.0111. The number of halogens is 1. The van der Waals surface area contributed by atoms with E-state index in [4.69, 9.17) is 0 Å². The molecule has 0 spiro atoms. The zero-order valence-electron chi connectivity index (χ0n) is 13.3. The summed E-state index contributed by atoms with van der Waals surface area (Å²) in [5.74, 6) is -0.185. The van der Waals surface area contributed by atoms with Crippen molar-refractivity contribution in [3.8, 4) is 0 Å². The van der Waals surface area contributed by atoms with E-state index in [0.717, 1.165) is 41.8 Å². The first kappa shape index (κ1) is 15.7. The molecule has 0 bridgehead atoms. The number of hydrogen-bond acceptors (Lipinski definition) is 2. The van der Waals surface area contributed by atoms with Gasteiger partial charge in [-0.25, -0.2) is 4.39 Å². The highest BCUT2D eigenvalue weighted by molar-refractivity contribution is 5.35. The van der Waals surface area contributed by atoms with Crippen LogP contribution in [0.25, 0.3) is 0 Å². The minimum Gasteiger partial charge on any atom is -0.306 e. The standard InChI is InChI=1S/C17H24FN3/c1-5-7-19-17(13-8-12(3)9-14(18)10-13)15-11-21(4)20-16(15)6-2/h8-11,17,19H,5-7H2,1-4H3. The molecule has 4 heteroatoms. The smallest absolute Gasteiger partial charge is 0.123 e. The summed E-state index contributed by atoms with van der Waals surface area (Å²) in [5.41, 5.74) is 4.10. The molecule has 0 aliphatic heterocycles. The van der Waals surface area contributed by atoms with Crippen LogP contribution in [0.15, 0.2) is 24.4 Å². The van der Waals surface area contributed by atoms with Crippen LogP contribution in [-0.4, -0.2) is 16.3 Å². The van der Waals surface area contributed by atoms with Gasteiger partial charge in [0.25, 0.3) is 0 Å². The second-order valence-electron chi connectivity index (χ2n) is 5.51. The summed E-state index contributed by atoms with van der Waals surface area (Å²) in [4.78, 5) is 0. The average Bonchev–Trinajstić information content (AvgIpc) is 2.79. The Labute approximate surface area is 126 Å². The number of nitrogens with one attached hydrogen (secondary N) is 1. The van der Waals surface area contributed by atoms with Gasteiger partial charge in [-0.15, -0.1) is 0 Å². The average molecular weight is 289 g/mol. The number of benzene rings is 1. The van der Waals surface area contributed by atoms with E-state index >= 15 is 0 Å². The molecule has 0 amide bonds. The Bertz CT molecular complexity index is 584. The lowest BCUT2D eigenvalue weighted by atomic mass is 9.96. The van der Waals surface area contributed by atoms with Gasteiger partial charge in [0.15, 0.2) is 0 Å². The molecule has 1 unspecified atom stereocenters. The normalized spacial score (nSPS) is 12.6. The molecule has 1 aromatic carbocycles. The van der Waals surface area contributed by atoms with Gasteiger partial charge in [-0.3, -0.25) is 4.68 Å². The van der Waals surface area contributed by atoms with Gasteiger partial charge in [0, 0.05) is 18.8 Å². The molecule has 0 saturated heterocycles. The molecule has 0 fully saturated rings. The highest BCUT2D eigenvalue weighted by Crippen LogP contribution is 2.26. The number of rotatable bonds is 6. The first-order valence-corrected chi connectivity index (χ1v) is 7.58. The summed E-state index contributed by atoms with van der Waals surface area (Å²) in [5, 5.41) is 8.04. The number of nitrogens with zero attached hydrogens (tertiary/aromatic N) is 2. The lowest BCUT2D eigenvalue weighted by Gasteiger charge is -2.20. The van der Waals surface area contributed by atoms with Crippen LogP contribution in [0.3, 0.4) is 0 Å². The Morgan fingerprint density at radius 2 is 2.05 bits per heavy atom. The molecule has 0 aliphatic rings. The fraction of sp³-hybridized carbons (Fsp3) is 0.471. The SMILES string of the molecule is CCCNC(c1cc(C)cc(F)c1)c1cn(C)nc1CC. The van der Waals surface area contributed by atoms with Crippen LogP contribution in [-0.2, 0) is 13.5 Å². The maximum absolute atomic E-state index is 13.8. The van der Waals surface area contributed by atoms with Crippen molar-refractivity contribution in [2.75, 3.05) is 6.54 Å². The number of aryl methyl sites for hydroxylation is 3.